The molecular weight excluding hydrogens is 270 g/mol. The standard InChI is InChI=1S/C16H21NO4/c1-3-14(12(2)18)9-15(19)10-16(20)17-21-11-13-7-5-4-6-8-13/h4-8,14H,3,9-11H2,1-2H3,(H,17,20). The van der Waals surface area contributed by atoms with E-state index in [4.69, 9.17) is 4.84 Å². The first kappa shape index (κ1) is 17.0. The summed E-state index contributed by atoms with van der Waals surface area (Å²) in [6.45, 7) is 3.55. The Morgan fingerprint density at radius 1 is 1.19 bits per heavy atom. The molecule has 21 heavy (non-hydrogen) atoms. The molecular formula is C16H21NO4. The van der Waals surface area contributed by atoms with Crippen LogP contribution in [0.3, 0.4) is 0 Å². The van der Waals surface area contributed by atoms with Crippen LogP contribution in [0.5, 0.6) is 0 Å². The lowest BCUT2D eigenvalue weighted by Gasteiger charge is -2.10. The van der Waals surface area contributed by atoms with Gasteiger partial charge < -0.3 is 0 Å². The summed E-state index contributed by atoms with van der Waals surface area (Å²) >= 11 is 0. The van der Waals surface area contributed by atoms with Gasteiger partial charge in [-0.25, -0.2) is 5.48 Å². The van der Waals surface area contributed by atoms with Gasteiger partial charge in [-0.1, -0.05) is 37.3 Å². The average molecular weight is 291 g/mol. The molecule has 1 amide bonds. The first-order valence-corrected chi connectivity index (χ1v) is 6.99. The van der Waals surface area contributed by atoms with Crippen molar-refractivity contribution in [1.29, 1.82) is 0 Å². The molecule has 0 aliphatic heterocycles. The summed E-state index contributed by atoms with van der Waals surface area (Å²) < 4.78 is 0. The number of hydroxylamine groups is 1. The van der Waals surface area contributed by atoms with E-state index in [1.807, 2.05) is 37.3 Å². The van der Waals surface area contributed by atoms with Gasteiger partial charge in [0.05, 0.1) is 13.0 Å². The third-order valence-corrected chi connectivity index (χ3v) is 3.17. The molecule has 0 saturated carbocycles. The van der Waals surface area contributed by atoms with Crippen LogP contribution in [-0.2, 0) is 25.8 Å². The highest BCUT2D eigenvalue weighted by atomic mass is 16.6. The van der Waals surface area contributed by atoms with E-state index in [1.165, 1.54) is 6.92 Å². The fourth-order valence-electron chi connectivity index (χ4n) is 1.91. The Kier molecular flexibility index (Phi) is 7.32. The number of benzene rings is 1. The zero-order valence-corrected chi connectivity index (χ0v) is 12.4. The van der Waals surface area contributed by atoms with Gasteiger partial charge in [-0.3, -0.25) is 19.2 Å². The van der Waals surface area contributed by atoms with E-state index in [9.17, 15) is 14.4 Å². The summed E-state index contributed by atoms with van der Waals surface area (Å²) in [4.78, 5) is 39.5. The molecule has 114 valence electrons. The van der Waals surface area contributed by atoms with Crippen molar-refractivity contribution in [2.75, 3.05) is 0 Å². The van der Waals surface area contributed by atoms with Gasteiger partial charge in [0.2, 0.25) is 0 Å². The van der Waals surface area contributed by atoms with Crippen LogP contribution < -0.4 is 5.48 Å². The van der Waals surface area contributed by atoms with Crippen molar-refractivity contribution in [1.82, 2.24) is 5.48 Å². The SMILES string of the molecule is CCC(CC(=O)CC(=O)NOCc1ccccc1)C(C)=O. The summed E-state index contributed by atoms with van der Waals surface area (Å²) in [6.07, 6.45) is 0.448. The van der Waals surface area contributed by atoms with Crippen LogP contribution in [0.15, 0.2) is 30.3 Å². The van der Waals surface area contributed by atoms with Crippen LogP contribution in [0.25, 0.3) is 0 Å². The van der Waals surface area contributed by atoms with Gasteiger partial charge >= 0.3 is 0 Å². The molecule has 0 saturated heterocycles. The Labute approximate surface area is 124 Å². The molecule has 5 heteroatoms. The van der Waals surface area contributed by atoms with E-state index >= 15 is 0 Å². The topological polar surface area (TPSA) is 72.5 Å². The Hall–Kier alpha value is -2.01. The van der Waals surface area contributed by atoms with Crippen LogP contribution in [0.4, 0.5) is 0 Å². The van der Waals surface area contributed by atoms with Gasteiger partial charge in [0, 0.05) is 12.3 Å². The maximum atomic E-state index is 11.7. The quantitative estimate of drug-likeness (QED) is 0.559. The number of ketones is 2. The number of nitrogens with one attached hydrogen (secondary N) is 1. The largest absolute Gasteiger partial charge is 0.300 e. The van der Waals surface area contributed by atoms with Crippen molar-refractivity contribution in [2.45, 2.75) is 39.7 Å². The summed E-state index contributed by atoms with van der Waals surface area (Å²) in [5.41, 5.74) is 3.16. The van der Waals surface area contributed by atoms with Crippen molar-refractivity contribution in [3.8, 4) is 0 Å². The smallest absolute Gasteiger partial charge is 0.250 e. The molecule has 0 radical (unpaired) electrons. The van der Waals surface area contributed by atoms with E-state index in [2.05, 4.69) is 5.48 Å². The van der Waals surface area contributed by atoms with E-state index in [0.29, 0.717) is 6.42 Å². The number of hydrogen-bond acceptors (Lipinski definition) is 4. The minimum Gasteiger partial charge on any atom is -0.300 e. The second kappa shape index (κ2) is 9.02. The van der Waals surface area contributed by atoms with Crippen LogP contribution in [-0.4, -0.2) is 17.5 Å². The van der Waals surface area contributed by atoms with Gasteiger partial charge in [-0.2, -0.15) is 0 Å². The molecule has 1 aromatic rings. The molecule has 1 rings (SSSR count). The highest BCUT2D eigenvalue weighted by Crippen LogP contribution is 2.11. The highest BCUT2D eigenvalue weighted by molar-refractivity contribution is 5.99. The minimum absolute atomic E-state index is 0.0217. The van der Waals surface area contributed by atoms with Crippen molar-refractivity contribution >= 4 is 17.5 Å². The van der Waals surface area contributed by atoms with Gasteiger partial charge in [-0.05, 0) is 18.9 Å². The van der Waals surface area contributed by atoms with E-state index in [-0.39, 0.29) is 36.9 Å². The monoisotopic (exact) mass is 291 g/mol. The molecule has 1 atom stereocenters. The van der Waals surface area contributed by atoms with Crippen LogP contribution in [0.2, 0.25) is 0 Å². The number of carbonyl (C=O) groups excluding carboxylic acids is 3. The maximum Gasteiger partial charge on any atom is 0.250 e. The van der Waals surface area contributed by atoms with Crippen molar-refractivity contribution in [3.05, 3.63) is 35.9 Å². The van der Waals surface area contributed by atoms with E-state index in [0.717, 1.165) is 5.56 Å². The lowest BCUT2D eigenvalue weighted by Crippen LogP contribution is -2.27. The third kappa shape index (κ3) is 6.81. The number of hydrogen-bond donors (Lipinski definition) is 1. The van der Waals surface area contributed by atoms with E-state index in [1.54, 1.807) is 0 Å². The Bertz CT molecular complexity index is 484. The van der Waals surface area contributed by atoms with E-state index < -0.39 is 5.91 Å². The molecule has 0 aliphatic rings. The fraction of sp³-hybridized carbons (Fsp3) is 0.438. The molecule has 0 spiro atoms. The molecule has 0 aromatic heterocycles. The summed E-state index contributed by atoms with van der Waals surface area (Å²) in [6, 6.07) is 9.37. The van der Waals surface area contributed by atoms with Crippen molar-refractivity contribution in [3.63, 3.8) is 0 Å². The van der Waals surface area contributed by atoms with Crippen LogP contribution in [0, 0.1) is 5.92 Å². The van der Waals surface area contributed by atoms with Gasteiger partial charge in [0.15, 0.2) is 0 Å². The van der Waals surface area contributed by atoms with Crippen LogP contribution >= 0.6 is 0 Å². The second-order valence-corrected chi connectivity index (χ2v) is 4.93. The number of rotatable bonds is 9. The molecule has 1 aromatic carbocycles. The Balaban J connectivity index is 2.27. The normalized spacial score (nSPS) is 11.7. The molecule has 1 unspecified atom stereocenters. The third-order valence-electron chi connectivity index (χ3n) is 3.17. The second-order valence-electron chi connectivity index (χ2n) is 4.93. The predicted octanol–water partition coefficient (Wildman–Crippen LogP) is 2.20. The summed E-state index contributed by atoms with van der Waals surface area (Å²) in [7, 11) is 0. The molecule has 0 aliphatic carbocycles. The minimum atomic E-state index is -0.491. The molecule has 0 bridgehead atoms. The number of amides is 1. The van der Waals surface area contributed by atoms with Crippen molar-refractivity contribution < 1.29 is 19.2 Å². The molecule has 5 nitrogen and oxygen atoms in total. The lowest BCUT2D eigenvalue weighted by molar-refractivity contribution is -0.139. The fourth-order valence-corrected chi connectivity index (χ4v) is 1.91. The van der Waals surface area contributed by atoms with Gasteiger partial charge in [0.25, 0.3) is 5.91 Å². The van der Waals surface area contributed by atoms with Gasteiger partial charge in [-0.15, -0.1) is 0 Å². The number of carbonyl (C=O) groups is 3. The Morgan fingerprint density at radius 2 is 1.86 bits per heavy atom. The lowest BCUT2D eigenvalue weighted by atomic mass is 9.95. The molecule has 0 fully saturated rings. The van der Waals surface area contributed by atoms with Crippen molar-refractivity contribution in [2.24, 2.45) is 5.92 Å². The summed E-state index contributed by atoms with van der Waals surface area (Å²) in [5.74, 6) is -1.06. The molecule has 0 heterocycles. The zero-order valence-electron chi connectivity index (χ0n) is 12.4. The maximum absolute atomic E-state index is 11.7. The molecule has 1 N–H and O–H groups in total. The van der Waals surface area contributed by atoms with Gasteiger partial charge in [0.1, 0.15) is 11.6 Å². The first-order valence-electron chi connectivity index (χ1n) is 6.99. The van der Waals surface area contributed by atoms with Crippen LogP contribution in [0.1, 0.15) is 38.7 Å². The predicted molar refractivity (Wildman–Crippen MR) is 78.1 cm³/mol. The number of Topliss-reactive ketones (excluding diaryl/α,β-unsaturated/α-hetero) is 2. The zero-order chi connectivity index (χ0) is 15.7. The summed E-state index contributed by atoms with van der Waals surface area (Å²) in [5, 5.41) is 0. The first-order chi connectivity index (χ1) is 10.0. The average Bonchev–Trinajstić information content (AvgIpc) is 2.45. The highest BCUT2D eigenvalue weighted by Gasteiger charge is 2.18. The Morgan fingerprint density at radius 3 is 2.43 bits per heavy atom.